The van der Waals surface area contributed by atoms with E-state index < -0.39 is 11.2 Å². The molecule has 1 N–H and O–H groups in total. The van der Waals surface area contributed by atoms with E-state index in [1.54, 1.807) is 13.8 Å². The lowest BCUT2D eigenvalue weighted by atomic mass is 9.95. The number of Topliss-reactive ketones (excluding diaryl/α,β-unsaturated/α-hetero) is 2. The summed E-state index contributed by atoms with van der Waals surface area (Å²) in [6, 6.07) is 0. The van der Waals surface area contributed by atoms with Gasteiger partial charge in [0.1, 0.15) is 0 Å². The second kappa shape index (κ2) is 5.64. The molecule has 0 spiro atoms. The van der Waals surface area contributed by atoms with Crippen molar-refractivity contribution < 1.29 is 14.1 Å². The van der Waals surface area contributed by atoms with Gasteiger partial charge in [-0.1, -0.05) is 25.9 Å². The van der Waals surface area contributed by atoms with Gasteiger partial charge in [0.15, 0.2) is 17.4 Å². The number of carbonyl (C=O) groups excluding carboxylic acids is 2. The Morgan fingerprint density at radius 1 is 1.26 bits per heavy atom. The summed E-state index contributed by atoms with van der Waals surface area (Å²) >= 11 is 0. The summed E-state index contributed by atoms with van der Waals surface area (Å²) in [7, 11) is 0. The van der Waals surface area contributed by atoms with Crippen molar-refractivity contribution in [2.45, 2.75) is 53.5 Å². The SMILES string of the molecule is CC(=O)c1c(C)[nH]c(C(=O)Cn2c(C(C)(C)C)noc2=O)c1C. The molecule has 0 radical (unpaired) electrons. The highest BCUT2D eigenvalue weighted by atomic mass is 16.5. The summed E-state index contributed by atoms with van der Waals surface area (Å²) in [6.07, 6.45) is 0. The highest BCUT2D eigenvalue weighted by molar-refractivity contribution is 6.03. The molecule has 0 fully saturated rings. The van der Waals surface area contributed by atoms with Crippen LogP contribution in [0.1, 0.15) is 65.6 Å². The number of carbonyl (C=O) groups is 2. The third-order valence-electron chi connectivity index (χ3n) is 3.73. The minimum absolute atomic E-state index is 0.104. The molecule has 23 heavy (non-hydrogen) atoms. The third-order valence-corrected chi connectivity index (χ3v) is 3.73. The summed E-state index contributed by atoms with van der Waals surface area (Å²) in [5.41, 5.74) is 1.66. The van der Waals surface area contributed by atoms with E-state index in [1.807, 2.05) is 20.8 Å². The first-order valence-electron chi connectivity index (χ1n) is 7.34. The van der Waals surface area contributed by atoms with Gasteiger partial charge >= 0.3 is 5.76 Å². The van der Waals surface area contributed by atoms with Crippen LogP contribution in [0.15, 0.2) is 9.32 Å². The Balaban J connectivity index is 2.42. The van der Waals surface area contributed by atoms with Crippen LogP contribution >= 0.6 is 0 Å². The van der Waals surface area contributed by atoms with Gasteiger partial charge in [-0.3, -0.25) is 18.7 Å². The standard InChI is InChI=1S/C16H21N3O4/c1-8-12(10(3)20)9(2)17-13(8)11(21)7-19-14(16(4,5)6)18-23-15(19)22/h17H,7H2,1-6H3. The van der Waals surface area contributed by atoms with E-state index in [9.17, 15) is 14.4 Å². The van der Waals surface area contributed by atoms with Crippen molar-refractivity contribution in [3.63, 3.8) is 0 Å². The topological polar surface area (TPSA) is 98.0 Å². The normalized spacial score (nSPS) is 11.7. The van der Waals surface area contributed by atoms with Crippen LogP contribution in [-0.4, -0.2) is 26.3 Å². The van der Waals surface area contributed by atoms with Crippen molar-refractivity contribution in [3.8, 4) is 0 Å². The monoisotopic (exact) mass is 319 g/mol. The Morgan fingerprint density at radius 2 is 1.87 bits per heavy atom. The van der Waals surface area contributed by atoms with Crippen LogP contribution in [0.25, 0.3) is 0 Å². The Morgan fingerprint density at radius 3 is 2.35 bits per heavy atom. The third kappa shape index (κ3) is 3.04. The number of nitrogens with zero attached hydrogens (tertiary/aromatic N) is 2. The van der Waals surface area contributed by atoms with E-state index in [0.717, 1.165) is 0 Å². The number of aromatic amines is 1. The first-order valence-corrected chi connectivity index (χ1v) is 7.34. The molecule has 0 aromatic carbocycles. The number of hydrogen-bond acceptors (Lipinski definition) is 5. The van der Waals surface area contributed by atoms with E-state index in [4.69, 9.17) is 4.52 Å². The van der Waals surface area contributed by atoms with Crippen LogP contribution in [-0.2, 0) is 12.0 Å². The van der Waals surface area contributed by atoms with Crippen molar-refractivity contribution in [2.75, 3.05) is 0 Å². The van der Waals surface area contributed by atoms with Gasteiger partial charge in [0.25, 0.3) is 0 Å². The van der Waals surface area contributed by atoms with Gasteiger partial charge in [-0.25, -0.2) is 4.79 Å². The Kier molecular flexibility index (Phi) is 4.15. The van der Waals surface area contributed by atoms with Crippen molar-refractivity contribution in [1.29, 1.82) is 0 Å². The second-order valence-electron chi connectivity index (χ2n) is 6.71. The van der Waals surface area contributed by atoms with Gasteiger partial charge in [0.2, 0.25) is 0 Å². The van der Waals surface area contributed by atoms with Crippen molar-refractivity contribution in [1.82, 2.24) is 14.7 Å². The Hall–Kier alpha value is -2.44. The lowest BCUT2D eigenvalue weighted by Crippen LogP contribution is -2.28. The molecule has 0 unspecified atom stereocenters. The van der Waals surface area contributed by atoms with Crippen LogP contribution in [0.5, 0.6) is 0 Å². The minimum atomic E-state index is -0.670. The molecule has 7 heteroatoms. The van der Waals surface area contributed by atoms with Gasteiger partial charge in [-0.05, 0) is 26.3 Å². The molecule has 0 aliphatic carbocycles. The predicted octanol–water partition coefficient (Wildman–Crippen LogP) is 2.16. The number of aromatic nitrogens is 3. The molecule has 2 aromatic heterocycles. The van der Waals surface area contributed by atoms with Gasteiger partial charge < -0.3 is 4.98 Å². The van der Waals surface area contributed by atoms with Crippen molar-refractivity contribution in [2.24, 2.45) is 0 Å². The first-order chi connectivity index (χ1) is 10.5. The van der Waals surface area contributed by atoms with Crippen LogP contribution < -0.4 is 5.76 Å². The number of H-pyrrole nitrogens is 1. The molecule has 0 amide bonds. The zero-order valence-corrected chi connectivity index (χ0v) is 14.2. The molecule has 0 aliphatic rings. The molecule has 2 aromatic rings. The quantitative estimate of drug-likeness (QED) is 0.871. The highest BCUT2D eigenvalue weighted by Gasteiger charge is 2.27. The maximum atomic E-state index is 12.6. The fourth-order valence-electron chi connectivity index (χ4n) is 2.73. The zero-order valence-electron chi connectivity index (χ0n) is 14.2. The summed E-state index contributed by atoms with van der Waals surface area (Å²) in [4.78, 5) is 39.0. The molecule has 2 heterocycles. The summed E-state index contributed by atoms with van der Waals surface area (Å²) in [5.74, 6) is -0.665. The van der Waals surface area contributed by atoms with E-state index in [1.165, 1.54) is 11.5 Å². The average molecular weight is 319 g/mol. The molecule has 7 nitrogen and oxygen atoms in total. The number of rotatable bonds is 4. The molecule has 0 bridgehead atoms. The predicted molar refractivity (Wildman–Crippen MR) is 84.1 cm³/mol. The number of ketones is 2. The number of hydrogen-bond donors (Lipinski definition) is 1. The zero-order chi connectivity index (χ0) is 17.5. The van der Waals surface area contributed by atoms with Crippen LogP contribution in [0.4, 0.5) is 0 Å². The Labute approximate surface area is 133 Å². The number of aryl methyl sites for hydroxylation is 1. The summed E-state index contributed by atoms with van der Waals surface area (Å²) in [6.45, 7) is 10.4. The molecular formula is C16H21N3O4. The van der Waals surface area contributed by atoms with Gasteiger partial charge in [0.05, 0.1) is 12.2 Å². The van der Waals surface area contributed by atoms with Crippen molar-refractivity contribution in [3.05, 3.63) is 38.9 Å². The van der Waals surface area contributed by atoms with Crippen LogP contribution in [0.3, 0.4) is 0 Å². The van der Waals surface area contributed by atoms with E-state index in [-0.39, 0.29) is 18.1 Å². The lowest BCUT2D eigenvalue weighted by molar-refractivity contribution is 0.0962. The van der Waals surface area contributed by atoms with E-state index in [2.05, 4.69) is 10.1 Å². The second-order valence-corrected chi connectivity index (χ2v) is 6.71. The van der Waals surface area contributed by atoms with Gasteiger partial charge in [-0.15, -0.1) is 0 Å². The molecular weight excluding hydrogens is 298 g/mol. The number of nitrogens with one attached hydrogen (secondary N) is 1. The van der Waals surface area contributed by atoms with E-state index in [0.29, 0.717) is 28.3 Å². The molecule has 0 atom stereocenters. The molecule has 0 saturated heterocycles. The molecule has 2 rings (SSSR count). The van der Waals surface area contributed by atoms with Crippen LogP contribution in [0, 0.1) is 13.8 Å². The van der Waals surface area contributed by atoms with Crippen LogP contribution in [0.2, 0.25) is 0 Å². The smallest absolute Gasteiger partial charge is 0.355 e. The largest absolute Gasteiger partial charge is 0.442 e. The maximum Gasteiger partial charge on any atom is 0.442 e. The fourth-order valence-corrected chi connectivity index (χ4v) is 2.73. The fraction of sp³-hybridized carbons (Fsp3) is 0.500. The van der Waals surface area contributed by atoms with E-state index >= 15 is 0 Å². The molecule has 0 aliphatic heterocycles. The molecule has 0 saturated carbocycles. The summed E-state index contributed by atoms with van der Waals surface area (Å²) in [5, 5.41) is 3.77. The lowest BCUT2D eigenvalue weighted by Gasteiger charge is -2.16. The van der Waals surface area contributed by atoms with Gasteiger partial charge in [-0.2, -0.15) is 0 Å². The Bertz CT molecular complexity index is 831. The van der Waals surface area contributed by atoms with Crippen molar-refractivity contribution >= 4 is 11.6 Å². The first kappa shape index (κ1) is 16.9. The van der Waals surface area contributed by atoms with Gasteiger partial charge in [0, 0.05) is 16.7 Å². The maximum absolute atomic E-state index is 12.6. The average Bonchev–Trinajstić information content (AvgIpc) is 2.90. The minimum Gasteiger partial charge on any atom is -0.355 e. The molecule has 124 valence electrons. The summed E-state index contributed by atoms with van der Waals surface area (Å²) < 4.78 is 5.92. The highest BCUT2D eigenvalue weighted by Crippen LogP contribution is 2.21.